The lowest BCUT2D eigenvalue weighted by atomic mass is 10.2. The van der Waals surface area contributed by atoms with Crippen LogP contribution in [0.5, 0.6) is 0 Å². The highest BCUT2D eigenvalue weighted by Crippen LogP contribution is 2.13. The van der Waals surface area contributed by atoms with Crippen molar-refractivity contribution in [3.8, 4) is 0 Å². The second kappa shape index (κ2) is 7.65. The van der Waals surface area contributed by atoms with Gasteiger partial charge in [0.25, 0.3) is 5.91 Å². The first-order valence-corrected chi connectivity index (χ1v) is 8.76. The Morgan fingerprint density at radius 3 is 2.80 bits per heavy atom. The minimum absolute atomic E-state index is 0.0261. The van der Waals surface area contributed by atoms with Gasteiger partial charge in [0.1, 0.15) is 5.82 Å². The first-order valence-electron chi connectivity index (χ1n) is 8.76. The topological polar surface area (TPSA) is 74.2 Å². The van der Waals surface area contributed by atoms with Crippen molar-refractivity contribution in [3.63, 3.8) is 0 Å². The summed E-state index contributed by atoms with van der Waals surface area (Å²) in [6, 6.07) is 3.37. The van der Waals surface area contributed by atoms with Crippen molar-refractivity contribution >= 4 is 5.91 Å². The molecule has 7 heteroatoms. The van der Waals surface area contributed by atoms with Crippen LogP contribution < -0.4 is 5.56 Å². The molecule has 25 heavy (non-hydrogen) atoms. The molecule has 0 spiro atoms. The fraction of sp³-hybridized carbons (Fsp3) is 0.500. The lowest BCUT2D eigenvalue weighted by Gasteiger charge is -2.22. The average molecular weight is 343 g/mol. The van der Waals surface area contributed by atoms with E-state index in [0.29, 0.717) is 18.2 Å². The Labute approximate surface area is 147 Å². The summed E-state index contributed by atoms with van der Waals surface area (Å²) in [5, 5.41) is 0. The molecule has 1 aliphatic heterocycles. The molecule has 1 fully saturated rings. The molecule has 0 saturated carbocycles. The highest BCUT2D eigenvalue weighted by Gasteiger charge is 2.21. The number of aromatic amines is 1. The van der Waals surface area contributed by atoms with Crippen LogP contribution in [0.1, 0.15) is 42.5 Å². The van der Waals surface area contributed by atoms with Crippen molar-refractivity contribution in [1.29, 1.82) is 0 Å². The number of hydrogen-bond acceptors (Lipinski definition) is 4. The summed E-state index contributed by atoms with van der Waals surface area (Å²) in [4.78, 5) is 35.0. The van der Waals surface area contributed by atoms with Gasteiger partial charge in [0.15, 0.2) is 0 Å². The first-order chi connectivity index (χ1) is 12.0. The summed E-state index contributed by atoms with van der Waals surface area (Å²) >= 11 is 0. The van der Waals surface area contributed by atoms with Crippen LogP contribution in [-0.4, -0.2) is 56.4 Å². The van der Waals surface area contributed by atoms with Gasteiger partial charge in [-0.3, -0.25) is 14.5 Å². The van der Waals surface area contributed by atoms with Crippen LogP contribution in [0, 0.1) is 0 Å². The van der Waals surface area contributed by atoms with E-state index in [1.807, 2.05) is 17.3 Å². The second-order valence-corrected chi connectivity index (χ2v) is 6.71. The number of imidazole rings is 1. The number of carbonyl (C=O) groups excluding carboxylic acids is 1. The van der Waals surface area contributed by atoms with Gasteiger partial charge < -0.3 is 14.5 Å². The summed E-state index contributed by atoms with van der Waals surface area (Å²) in [5.41, 5.74) is 0.336. The lowest BCUT2D eigenvalue weighted by molar-refractivity contribution is 0.0760. The predicted octanol–water partition coefficient (Wildman–Crippen LogP) is 1.50. The molecule has 3 heterocycles. The van der Waals surface area contributed by atoms with Crippen LogP contribution in [0.4, 0.5) is 0 Å². The molecule has 0 atom stereocenters. The zero-order valence-corrected chi connectivity index (χ0v) is 14.8. The maximum atomic E-state index is 12.6. The molecule has 1 amide bonds. The number of pyridine rings is 1. The number of aromatic nitrogens is 3. The molecule has 2 aromatic heterocycles. The normalized spacial score (nSPS) is 16.2. The second-order valence-electron chi connectivity index (χ2n) is 6.71. The van der Waals surface area contributed by atoms with E-state index >= 15 is 0 Å². The van der Waals surface area contributed by atoms with E-state index in [9.17, 15) is 9.59 Å². The zero-order chi connectivity index (χ0) is 17.8. The summed E-state index contributed by atoms with van der Waals surface area (Å²) in [6.07, 6.45) is 6.28. The maximum absolute atomic E-state index is 12.6. The van der Waals surface area contributed by atoms with Gasteiger partial charge in [0.05, 0.1) is 12.1 Å². The molecule has 134 valence electrons. The monoisotopic (exact) mass is 343 g/mol. The van der Waals surface area contributed by atoms with Crippen LogP contribution >= 0.6 is 0 Å². The third kappa shape index (κ3) is 4.17. The van der Waals surface area contributed by atoms with Crippen molar-refractivity contribution in [2.45, 2.75) is 32.9 Å². The fourth-order valence-electron chi connectivity index (χ4n) is 3.19. The van der Waals surface area contributed by atoms with Gasteiger partial charge in [-0.05, 0) is 26.3 Å². The van der Waals surface area contributed by atoms with E-state index in [2.05, 4.69) is 33.3 Å². The maximum Gasteiger partial charge on any atom is 0.255 e. The number of amides is 1. The van der Waals surface area contributed by atoms with E-state index in [-0.39, 0.29) is 11.5 Å². The molecule has 1 N–H and O–H groups in total. The Kier molecular flexibility index (Phi) is 5.33. The molecule has 0 bridgehead atoms. The van der Waals surface area contributed by atoms with Crippen LogP contribution in [0.3, 0.4) is 0 Å². The van der Waals surface area contributed by atoms with E-state index in [1.54, 1.807) is 6.07 Å². The SMILES string of the molecule is CC(C)n1ccnc1CN1CCCN(C(=O)c2ccc(=O)[nH]c2)CC1. The third-order valence-corrected chi connectivity index (χ3v) is 4.58. The van der Waals surface area contributed by atoms with Crippen molar-refractivity contribution in [1.82, 2.24) is 24.3 Å². The predicted molar refractivity (Wildman–Crippen MR) is 95.5 cm³/mol. The zero-order valence-electron chi connectivity index (χ0n) is 14.8. The highest BCUT2D eigenvalue weighted by molar-refractivity contribution is 5.93. The number of rotatable bonds is 4. The van der Waals surface area contributed by atoms with Crippen LogP contribution in [0.25, 0.3) is 0 Å². The summed E-state index contributed by atoms with van der Waals surface area (Å²) in [5.74, 6) is 1.04. The van der Waals surface area contributed by atoms with Crippen LogP contribution in [0.15, 0.2) is 35.5 Å². The summed E-state index contributed by atoms with van der Waals surface area (Å²) < 4.78 is 2.19. The van der Waals surface area contributed by atoms with E-state index in [1.165, 1.54) is 12.3 Å². The van der Waals surface area contributed by atoms with E-state index in [4.69, 9.17) is 0 Å². The van der Waals surface area contributed by atoms with Crippen LogP contribution in [0.2, 0.25) is 0 Å². The number of nitrogens with zero attached hydrogens (tertiary/aromatic N) is 4. The molecule has 1 aliphatic rings. The molecule has 1 saturated heterocycles. The Balaban J connectivity index is 1.62. The quantitative estimate of drug-likeness (QED) is 0.913. The van der Waals surface area contributed by atoms with Crippen LogP contribution in [-0.2, 0) is 6.54 Å². The standard InChI is InChI=1S/C18H25N5O2/c1-14(2)23-9-6-19-16(23)13-21-7-3-8-22(11-10-21)18(25)15-4-5-17(24)20-12-15/h4-6,9,12,14H,3,7-8,10-11,13H2,1-2H3,(H,20,24). The van der Waals surface area contributed by atoms with Crippen molar-refractivity contribution in [2.24, 2.45) is 0 Å². The molecule has 0 aliphatic carbocycles. The van der Waals surface area contributed by atoms with Gasteiger partial charge >= 0.3 is 0 Å². The molecule has 0 unspecified atom stereocenters. The first kappa shape index (κ1) is 17.4. The third-order valence-electron chi connectivity index (χ3n) is 4.58. The Morgan fingerprint density at radius 2 is 2.08 bits per heavy atom. The van der Waals surface area contributed by atoms with E-state index < -0.39 is 0 Å². The number of carbonyl (C=O) groups is 1. The minimum Gasteiger partial charge on any atom is -0.337 e. The molecule has 7 nitrogen and oxygen atoms in total. The highest BCUT2D eigenvalue weighted by atomic mass is 16.2. The minimum atomic E-state index is -0.195. The molecule has 2 aromatic rings. The summed E-state index contributed by atoms with van der Waals surface area (Å²) in [6.45, 7) is 8.27. The van der Waals surface area contributed by atoms with Gasteiger partial charge in [0, 0.05) is 56.9 Å². The lowest BCUT2D eigenvalue weighted by Crippen LogP contribution is -2.35. The van der Waals surface area contributed by atoms with Gasteiger partial charge in [-0.25, -0.2) is 4.98 Å². The average Bonchev–Trinajstić information content (AvgIpc) is 2.93. The molecular weight excluding hydrogens is 318 g/mol. The van der Waals surface area contributed by atoms with Gasteiger partial charge in [-0.1, -0.05) is 0 Å². The number of H-pyrrole nitrogens is 1. The van der Waals surface area contributed by atoms with Gasteiger partial charge in [0.2, 0.25) is 5.56 Å². The van der Waals surface area contributed by atoms with Crippen molar-refractivity contribution in [2.75, 3.05) is 26.2 Å². The molecule has 3 rings (SSSR count). The van der Waals surface area contributed by atoms with E-state index in [0.717, 1.165) is 38.4 Å². The van der Waals surface area contributed by atoms with Gasteiger partial charge in [-0.2, -0.15) is 0 Å². The Bertz CT molecular complexity index is 759. The Morgan fingerprint density at radius 1 is 1.24 bits per heavy atom. The van der Waals surface area contributed by atoms with Crippen molar-refractivity contribution in [3.05, 3.63) is 52.5 Å². The molecule has 0 aromatic carbocycles. The van der Waals surface area contributed by atoms with Crippen molar-refractivity contribution < 1.29 is 4.79 Å². The number of hydrogen-bond donors (Lipinski definition) is 1. The Hall–Kier alpha value is -2.41. The molecule has 0 radical (unpaired) electrons. The fourth-order valence-corrected chi connectivity index (χ4v) is 3.19. The largest absolute Gasteiger partial charge is 0.337 e. The smallest absolute Gasteiger partial charge is 0.255 e. The van der Waals surface area contributed by atoms with Gasteiger partial charge in [-0.15, -0.1) is 0 Å². The molecular formula is C18H25N5O2. The number of nitrogens with one attached hydrogen (secondary N) is 1. The summed E-state index contributed by atoms with van der Waals surface area (Å²) in [7, 11) is 0.